The Hall–Kier alpha value is -2.83. The number of hydrogen-bond donors (Lipinski definition) is 1. The Morgan fingerprint density at radius 3 is 2.37 bits per heavy atom. The Balaban J connectivity index is 1.91. The number of pyridine rings is 1. The van der Waals surface area contributed by atoms with Gasteiger partial charge in [-0.1, -0.05) is 29.8 Å². The van der Waals surface area contributed by atoms with E-state index < -0.39 is 10.0 Å². The third-order valence-corrected chi connectivity index (χ3v) is 5.41. The van der Waals surface area contributed by atoms with Gasteiger partial charge in [-0.15, -0.1) is 0 Å². The van der Waals surface area contributed by atoms with Gasteiger partial charge in [0, 0.05) is 17.4 Å². The van der Waals surface area contributed by atoms with Gasteiger partial charge in [-0.05, 0) is 59.7 Å². The Morgan fingerprint density at radius 1 is 1.00 bits per heavy atom. The van der Waals surface area contributed by atoms with Crippen molar-refractivity contribution in [2.75, 3.05) is 11.8 Å². The summed E-state index contributed by atoms with van der Waals surface area (Å²) >= 11 is 6.06. The van der Waals surface area contributed by atoms with Gasteiger partial charge in [0.25, 0.3) is 10.0 Å². The maximum absolute atomic E-state index is 12.7. The quantitative estimate of drug-likeness (QED) is 0.650. The molecule has 0 radical (unpaired) electrons. The van der Waals surface area contributed by atoms with Crippen molar-refractivity contribution in [3.8, 4) is 5.75 Å². The van der Waals surface area contributed by atoms with Crippen LogP contribution in [0.3, 0.4) is 0 Å². The molecule has 0 amide bonds. The lowest BCUT2D eigenvalue weighted by atomic mass is 10.1. The van der Waals surface area contributed by atoms with E-state index in [1.165, 1.54) is 19.2 Å². The Bertz CT molecular complexity index is 1050. The second kappa shape index (κ2) is 8.24. The molecule has 0 aliphatic heterocycles. The number of methoxy groups -OCH3 is 1. The highest BCUT2D eigenvalue weighted by atomic mass is 35.5. The standard InChI is InChI=1S/C20H17ClN2O3S/c1-26-18-6-8-19(9-7-18)27(24,25)23-20-14-17(21)5-4-16(20)3-2-15-10-12-22-13-11-15/h2-14,23H,1H3/b3-2+. The average Bonchev–Trinajstić information content (AvgIpc) is 2.68. The van der Waals surface area contributed by atoms with Gasteiger partial charge in [0.2, 0.25) is 0 Å². The molecule has 0 bridgehead atoms. The third-order valence-electron chi connectivity index (χ3n) is 3.79. The van der Waals surface area contributed by atoms with Crippen molar-refractivity contribution < 1.29 is 13.2 Å². The summed E-state index contributed by atoms with van der Waals surface area (Å²) in [6, 6.07) is 14.9. The highest BCUT2D eigenvalue weighted by Gasteiger charge is 2.16. The van der Waals surface area contributed by atoms with E-state index in [9.17, 15) is 8.42 Å². The van der Waals surface area contributed by atoms with E-state index in [1.807, 2.05) is 24.3 Å². The number of ether oxygens (including phenoxy) is 1. The first-order valence-corrected chi connectivity index (χ1v) is 9.88. The number of sulfonamides is 1. The first-order chi connectivity index (χ1) is 13.0. The van der Waals surface area contributed by atoms with Crippen molar-refractivity contribution in [3.63, 3.8) is 0 Å². The van der Waals surface area contributed by atoms with E-state index in [0.717, 1.165) is 5.56 Å². The first kappa shape index (κ1) is 18.9. The molecule has 3 aromatic rings. The molecule has 0 fully saturated rings. The highest BCUT2D eigenvalue weighted by molar-refractivity contribution is 7.92. The van der Waals surface area contributed by atoms with Gasteiger partial charge in [-0.25, -0.2) is 8.42 Å². The molecule has 27 heavy (non-hydrogen) atoms. The molecular formula is C20H17ClN2O3S. The minimum atomic E-state index is -3.77. The number of anilines is 1. The largest absolute Gasteiger partial charge is 0.497 e. The molecular weight excluding hydrogens is 384 g/mol. The molecule has 2 aromatic carbocycles. The van der Waals surface area contributed by atoms with Crippen molar-refractivity contribution in [2.24, 2.45) is 0 Å². The number of rotatable bonds is 6. The lowest BCUT2D eigenvalue weighted by Crippen LogP contribution is -2.13. The first-order valence-electron chi connectivity index (χ1n) is 8.02. The van der Waals surface area contributed by atoms with Crippen LogP contribution in [0.15, 0.2) is 71.9 Å². The zero-order valence-electron chi connectivity index (χ0n) is 14.5. The molecule has 3 rings (SSSR count). The molecule has 138 valence electrons. The summed E-state index contributed by atoms with van der Waals surface area (Å²) < 4.78 is 33.1. The summed E-state index contributed by atoms with van der Waals surface area (Å²) in [6.45, 7) is 0. The van der Waals surface area contributed by atoms with E-state index in [-0.39, 0.29) is 4.90 Å². The Kier molecular flexibility index (Phi) is 5.78. The zero-order valence-corrected chi connectivity index (χ0v) is 16.0. The number of benzene rings is 2. The van der Waals surface area contributed by atoms with Gasteiger partial charge in [0.05, 0.1) is 17.7 Å². The van der Waals surface area contributed by atoms with Crippen LogP contribution in [0.5, 0.6) is 5.75 Å². The number of hydrogen-bond acceptors (Lipinski definition) is 4. The van der Waals surface area contributed by atoms with Crippen LogP contribution in [0.2, 0.25) is 5.02 Å². The summed E-state index contributed by atoms with van der Waals surface area (Å²) in [7, 11) is -2.25. The van der Waals surface area contributed by atoms with Gasteiger partial charge in [-0.3, -0.25) is 9.71 Å². The predicted molar refractivity (Wildman–Crippen MR) is 108 cm³/mol. The molecule has 0 aliphatic rings. The number of nitrogens with zero attached hydrogens (tertiary/aromatic N) is 1. The fourth-order valence-corrected chi connectivity index (χ4v) is 3.63. The lowest BCUT2D eigenvalue weighted by molar-refractivity contribution is 0.414. The van der Waals surface area contributed by atoms with Crippen LogP contribution in [-0.2, 0) is 10.0 Å². The van der Waals surface area contributed by atoms with Gasteiger partial charge >= 0.3 is 0 Å². The minimum Gasteiger partial charge on any atom is -0.497 e. The summed E-state index contributed by atoms with van der Waals surface area (Å²) in [5, 5.41) is 0.434. The van der Waals surface area contributed by atoms with E-state index >= 15 is 0 Å². The second-order valence-electron chi connectivity index (χ2n) is 5.63. The van der Waals surface area contributed by atoms with Crippen molar-refractivity contribution in [3.05, 3.63) is 83.1 Å². The summed E-state index contributed by atoms with van der Waals surface area (Å²) in [6.07, 6.45) is 7.07. The molecule has 7 heteroatoms. The van der Waals surface area contributed by atoms with Crippen LogP contribution >= 0.6 is 11.6 Å². The van der Waals surface area contributed by atoms with Crippen molar-refractivity contribution >= 4 is 39.5 Å². The second-order valence-corrected chi connectivity index (χ2v) is 7.75. The smallest absolute Gasteiger partial charge is 0.261 e. The molecule has 5 nitrogen and oxygen atoms in total. The van der Waals surface area contributed by atoms with E-state index in [2.05, 4.69) is 9.71 Å². The summed E-state index contributed by atoms with van der Waals surface area (Å²) in [5.74, 6) is 0.581. The molecule has 0 aliphatic carbocycles. The lowest BCUT2D eigenvalue weighted by Gasteiger charge is -2.12. The topological polar surface area (TPSA) is 68.3 Å². The third kappa shape index (κ3) is 4.87. The molecule has 1 N–H and O–H groups in total. The molecule has 1 aromatic heterocycles. The van der Waals surface area contributed by atoms with Gasteiger partial charge in [-0.2, -0.15) is 0 Å². The average molecular weight is 401 g/mol. The van der Waals surface area contributed by atoms with E-state index in [4.69, 9.17) is 16.3 Å². The SMILES string of the molecule is COc1ccc(S(=O)(=O)Nc2cc(Cl)ccc2/C=C/c2ccncc2)cc1. The van der Waals surface area contributed by atoms with Crippen molar-refractivity contribution in [1.82, 2.24) is 4.98 Å². The highest BCUT2D eigenvalue weighted by Crippen LogP contribution is 2.26. The normalized spacial score (nSPS) is 11.5. The van der Waals surface area contributed by atoms with Crippen LogP contribution in [-0.4, -0.2) is 20.5 Å². The fraction of sp³-hybridized carbons (Fsp3) is 0.0500. The zero-order chi connectivity index (χ0) is 19.3. The van der Waals surface area contributed by atoms with E-state index in [0.29, 0.717) is 22.0 Å². The van der Waals surface area contributed by atoms with Gasteiger partial charge < -0.3 is 4.74 Å². The van der Waals surface area contributed by atoms with Crippen LogP contribution in [0.25, 0.3) is 12.2 Å². The van der Waals surface area contributed by atoms with Gasteiger partial charge in [0.1, 0.15) is 5.75 Å². The number of nitrogens with one attached hydrogen (secondary N) is 1. The molecule has 0 spiro atoms. The Labute approximate surface area is 163 Å². The molecule has 0 unspecified atom stereocenters. The molecule has 0 saturated carbocycles. The summed E-state index contributed by atoms with van der Waals surface area (Å²) in [4.78, 5) is 4.10. The monoisotopic (exact) mass is 400 g/mol. The fourth-order valence-electron chi connectivity index (χ4n) is 2.38. The number of halogens is 1. The maximum Gasteiger partial charge on any atom is 0.261 e. The van der Waals surface area contributed by atoms with Crippen LogP contribution in [0.4, 0.5) is 5.69 Å². The van der Waals surface area contributed by atoms with Crippen LogP contribution in [0, 0.1) is 0 Å². The predicted octanol–water partition coefficient (Wildman–Crippen LogP) is 4.71. The summed E-state index contributed by atoms with van der Waals surface area (Å²) in [5.41, 5.74) is 2.03. The van der Waals surface area contributed by atoms with E-state index in [1.54, 1.807) is 42.7 Å². The molecule has 0 saturated heterocycles. The Morgan fingerprint density at radius 2 is 1.70 bits per heavy atom. The van der Waals surface area contributed by atoms with Crippen molar-refractivity contribution in [2.45, 2.75) is 4.90 Å². The molecule has 0 atom stereocenters. The van der Waals surface area contributed by atoms with Crippen LogP contribution < -0.4 is 9.46 Å². The van der Waals surface area contributed by atoms with Gasteiger partial charge in [0.15, 0.2) is 0 Å². The number of aromatic nitrogens is 1. The van der Waals surface area contributed by atoms with Crippen LogP contribution in [0.1, 0.15) is 11.1 Å². The maximum atomic E-state index is 12.7. The van der Waals surface area contributed by atoms with Crippen molar-refractivity contribution in [1.29, 1.82) is 0 Å². The minimum absolute atomic E-state index is 0.132. The molecule has 1 heterocycles.